The average molecular weight is 627 g/mol. The van der Waals surface area contributed by atoms with Crippen LogP contribution in [0.4, 0.5) is 17.1 Å². The van der Waals surface area contributed by atoms with E-state index in [0.29, 0.717) is 0 Å². The zero-order valence-electron chi connectivity index (χ0n) is 26.6. The molecule has 0 unspecified atom stereocenters. The zero-order valence-corrected chi connectivity index (χ0v) is 26.6. The first kappa shape index (κ1) is 27.5. The van der Waals surface area contributed by atoms with Crippen LogP contribution in [-0.2, 0) is 0 Å². The van der Waals surface area contributed by atoms with E-state index in [2.05, 4.69) is 179 Å². The lowest BCUT2D eigenvalue weighted by Crippen LogP contribution is -2.10. The number of rotatable bonds is 5. The van der Waals surface area contributed by atoms with Gasteiger partial charge in [-0.3, -0.25) is 0 Å². The fourth-order valence-corrected chi connectivity index (χ4v) is 7.49. The minimum absolute atomic E-state index is 0.888. The summed E-state index contributed by atoms with van der Waals surface area (Å²) < 4.78 is 8.62. The molecule has 3 heteroatoms. The van der Waals surface area contributed by atoms with Crippen LogP contribution in [0.2, 0.25) is 0 Å². The second kappa shape index (κ2) is 11.0. The number of para-hydroxylation sites is 3. The van der Waals surface area contributed by atoms with Crippen molar-refractivity contribution >= 4 is 71.6 Å². The second-order valence-electron chi connectivity index (χ2n) is 12.6. The van der Waals surface area contributed by atoms with Gasteiger partial charge in [0.25, 0.3) is 0 Å². The molecule has 0 amide bonds. The maximum atomic E-state index is 6.21. The Kier molecular flexibility index (Phi) is 6.18. The molecule has 0 saturated heterocycles. The molecule has 10 rings (SSSR count). The molecule has 2 heterocycles. The molecular formula is C46H30N2O. The fraction of sp³-hybridized carbons (Fsp3) is 0. The molecule has 49 heavy (non-hydrogen) atoms. The van der Waals surface area contributed by atoms with E-state index in [1.54, 1.807) is 0 Å². The van der Waals surface area contributed by atoms with Crippen LogP contribution in [0.15, 0.2) is 186 Å². The van der Waals surface area contributed by atoms with Crippen molar-refractivity contribution in [2.45, 2.75) is 0 Å². The van der Waals surface area contributed by atoms with Crippen LogP contribution in [0.25, 0.3) is 71.3 Å². The van der Waals surface area contributed by atoms with Gasteiger partial charge in [0.05, 0.1) is 11.0 Å². The van der Waals surface area contributed by atoms with E-state index in [-0.39, 0.29) is 0 Å². The van der Waals surface area contributed by atoms with Crippen molar-refractivity contribution in [3.8, 4) is 16.8 Å². The highest BCUT2D eigenvalue weighted by Gasteiger charge is 2.19. The Labute approximate surface area is 283 Å². The van der Waals surface area contributed by atoms with Crippen LogP contribution >= 0.6 is 0 Å². The molecule has 0 saturated carbocycles. The van der Waals surface area contributed by atoms with E-state index in [0.717, 1.165) is 44.7 Å². The van der Waals surface area contributed by atoms with Crippen molar-refractivity contribution in [1.82, 2.24) is 4.57 Å². The molecule has 2 aromatic heterocycles. The van der Waals surface area contributed by atoms with Gasteiger partial charge in [-0.15, -0.1) is 0 Å². The quantitative estimate of drug-likeness (QED) is 0.190. The zero-order chi connectivity index (χ0) is 32.3. The predicted molar refractivity (Wildman–Crippen MR) is 206 cm³/mol. The SMILES string of the molecule is c1ccc(-c2ccc(N(c3ccc4c(ccc5c6ccccc6n(-c6ccccc6)c45)c3)c3ccc4oc5ccccc5c4c3)cc2)cc1. The van der Waals surface area contributed by atoms with E-state index in [9.17, 15) is 0 Å². The third-order valence-corrected chi connectivity index (χ3v) is 9.76. The van der Waals surface area contributed by atoms with E-state index in [1.807, 2.05) is 12.1 Å². The van der Waals surface area contributed by atoms with Gasteiger partial charge in [0.2, 0.25) is 0 Å². The molecular weight excluding hydrogens is 597 g/mol. The Morgan fingerprint density at radius 1 is 0.388 bits per heavy atom. The number of benzene rings is 8. The summed E-state index contributed by atoms with van der Waals surface area (Å²) in [5.74, 6) is 0. The maximum absolute atomic E-state index is 6.21. The summed E-state index contributed by atoms with van der Waals surface area (Å²) in [7, 11) is 0. The number of furan rings is 1. The first-order valence-corrected chi connectivity index (χ1v) is 16.7. The van der Waals surface area contributed by atoms with Crippen LogP contribution in [0, 0.1) is 0 Å². The minimum Gasteiger partial charge on any atom is -0.456 e. The molecule has 0 fully saturated rings. The Bertz CT molecular complexity index is 2810. The van der Waals surface area contributed by atoms with E-state index < -0.39 is 0 Å². The van der Waals surface area contributed by atoms with Gasteiger partial charge in [-0.1, -0.05) is 115 Å². The molecule has 3 nitrogen and oxygen atoms in total. The molecule has 0 spiro atoms. The summed E-state index contributed by atoms with van der Waals surface area (Å²) in [6, 6.07) is 65.0. The van der Waals surface area contributed by atoms with Crippen LogP contribution in [0.3, 0.4) is 0 Å². The predicted octanol–water partition coefficient (Wildman–Crippen LogP) is 13.0. The maximum Gasteiger partial charge on any atom is 0.135 e. The van der Waals surface area contributed by atoms with Gasteiger partial charge < -0.3 is 13.9 Å². The number of fused-ring (bicyclic) bond motifs is 8. The van der Waals surface area contributed by atoms with Gasteiger partial charge in [0.1, 0.15) is 11.2 Å². The van der Waals surface area contributed by atoms with Gasteiger partial charge in [-0.05, 0) is 83.2 Å². The van der Waals surface area contributed by atoms with Crippen LogP contribution in [0.5, 0.6) is 0 Å². The monoisotopic (exact) mass is 626 g/mol. The van der Waals surface area contributed by atoms with Crippen molar-refractivity contribution in [1.29, 1.82) is 0 Å². The highest BCUT2D eigenvalue weighted by Crippen LogP contribution is 2.42. The van der Waals surface area contributed by atoms with Gasteiger partial charge in [0, 0.05) is 49.7 Å². The Morgan fingerprint density at radius 3 is 1.84 bits per heavy atom. The summed E-state index contributed by atoms with van der Waals surface area (Å²) >= 11 is 0. The van der Waals surface area contributed by atoms with Crippen LogP contribution in [-0.4, -0.2) is 4.57 Å². The normalized spacial score (nSPS) is 11.7. The van der Waals surface area contributed by atoms with Crippen molar-refractivity contribution < 1.29 is 4.42 Å². The molecule has 0 bridgehead atoms. The van der Waals surface area contributed by atoms with Crippen LogP contribution < -0.4 is 4.90 Å². The van der Waals surface area contributed by atoms with Gasteiger partial charge in [-0.25, -0.2) is 0 Å². The minimum atomic E-state index is 0.888. The summed E-state index contributed by atoms with van der Waals surface area (Å²) in [6.45, 7) is 0. The van der Waals surface area contributed by atoms with Crippen molar-refractivity contribution in [2.75, 3.05) is 4.90 Å². The number of nitrogens with zero attached hydrogens (tertiary/aromatic N) is 2. The molecule has 0 aliphatic carbocycles. The molecule has 0 N–H and O–H groups in total. The van der Waals surface area contributed by atoms with E-state index in [4.69, 9.17) is 4.42 Å². The smallest absolute Gasteiger partial charge is 0.135 e. The van der Waals surface area contributed by atoms with Gasteiger partial charge in [-0.2, -0.15) is 0 Å². The Hall–Kier alpha value is -6.58. The molecule has 10 aromatic rings. The van der Waals surface area contributed by atoms with Gasteiger partial charge >= 0.3 is 0 Å². The number of aromatic nitrogens is 1. The Balaban J connectivity index is 1.19. The summed E-state index contributed by atoms with van der Waals surface area (Å²) in [5, 5.41) is 7.14. The first-order chi connectivity index (χ1) is 24.3. The first-order valence-electron chi connectivity index (χ1n) is 16.7. The lowest BCUT2D eigenvalue weighted by Gasteiger charge is -2.26. The highest BCUT2D eigenvalue weighted by atomic mass is 16.3. The third kappa shape index (κ3) is 4.44. The highest BCUT2D eigenvalue weighted by molar-refractivity contribution is 6.19. The molecule has 0 atom stereocenters. The fourth-order valence-electron chi connectivity index (χ4n) is 7.49. The largest absolute Gasteiger partial charge is 0.456 e. The topological polar surface area (TPSA) is 21.3 Å². The molecule has 8 aromatic carbocycles. The number of hydrogen-bond acceptors (Lipinski definition) is 2. The summed E-state index contributed by atoms with van der Waals surface area (Å²) in [5.41, 5.74) is 11.0. The number of anilines is 3. The molecule has 230 valence electrons. The molecule has 0 aliphatic heterocycles. The van der Waals surface area contributed by atoms with Crippen molar-refractivity contribution in [3.63, 3.8) is 0 Å². The van der Waals surface area contributed by atoms with Crippen LogP contribution in [0.1, 0.15) is 0 Å². The second-order valence-corrected chi connectivity index (χ2v) is 12.6. The lowest BCUT2D eigenvalue weighted by atomic mass is 10.0. The molecule has 0 aliphatic rings. The third-order valence-electron chi connectivity index (χ3n) is 9.76. The summed E-state index contributed by atoms with van der Waals surface area (Å²) in [6.07, 6.45) is 0. The van der Waals surface area contributed by atoms with Crippen molar-refractivity contribution in [2.24, 2.45) is 0 Å². The van der Waals surface area contributed by atoms with Crippen molar-refractivity contribution in [3.05, 3.63) is 182 Å². The Morgan fingerprint density at radius 2 is 1.00 bits per heavy atom. The number of hydrogen-bond donors (Lipinski definition) is 0. The summed E-state index contributed by atoms with van der Waals surface area (Å²) in [4.78, 5) is 2.35. The average Bonchev–Trinajstić information content (AvgIpc) is 3.72. The van der Waals surface area contributed by atoms with Gasteiger partial charge in [0.15, 0.2) is 0 Å². The lowest BCUT2D eigenvalue weighted by molar-refractivity contribution is 0.669. The molecule has 0 radical (unpaired) electrons. The van der Waals surface area contributed by atoms with E-state index >= 15 is 0 Å². The van der Waals surface area contributed by atoms with E-state index in [1.165, 1.54) is 43.7 Å². The standard InChI is InChI=1S/C46H30N2O/c1-3-11-31(12-4-1)32-19-22-35(23-20-32)47(37-25-28-45-42(30-37)40-16-8-10-18-44(40)49-45)36-24-27-38-33(29-36)21-26-41-39-15-7-9-17-43(39)48(46(38)41)34-13-5-2-6-14-34/h1-30H.